The van der Waals surface area contributed by atoms with Crippen LogP contribution in [0.1, 0.15) is 37.2 Å². The minimum Gasteiger partial charge on any atom is -0.383 e. The van der Waals surface area contributed by atoms with Crippen molar-refractivity contribution in [2.24, 2.45) is 5.92 Å². The number of sulfone groups is 1. The first-order chi connectivity index (χ1) is 12.9. The van der Waals surface area contributed by atoms with Crippen LogP contribution in [0.25, 0.3) is 0 Å². The predicted molar refractivity (Wildman–Crippen MR) is 103 cm³/mol. The second-order valence-corrected chi connectivity index (χ2v) is 9.18. The Hall–Kier alpha value is -1.77. The number of methoxy groups -OCH3 is 1. The highest BCUT2D eigenvalue weighted by molar-refractivity contribution is 7.91. The maximum absolute atomic E-state index is 12.8. The summed E-state index contributed by atoms with van der Waals surface area (Å²) in [5.41, 5.74) is 1.84. The third-order valence-electron chi connectivity index (χ3n) is 5.04. The van der Waals surface area contributed by atoms with Crippen molar-refractivity contribution in [3.8, 4) is 0 Å². The van der Waals surface area contributed by atoms with Crippen LogP contribution < -0.4 is 0 Å². The van der Waals surface area contributed by atoms with E-state index in [1.54, 1.807) is 24.1 Å². The van der Waals surface area contributed by atoms with Crippen molar-refractivity contribution in [1.82, 2.24) is 19.4 Å². The molecular formula is C19H28N4O3S. The lowest BCUT2D eigenvalue weighted by Gasteiger charge is -2.24. The Balaban J connectivity index is 1.81. The van der Waals surface area contributed by atoms with Gasteiger partial charge in [-0.25, -0.2) is 13.4 Å². The van der Waals surface area contributed by atoms with E-state index in [1.807, 2.05) is 25.2 Å². The Kier molecular flexibility index (Phi) is 6.29. The Morgan fingerprint density at radius 2 is 2.11 bits per heavy atom. The molecule has 0 N–H and O–H groups in total. The highest BCUT2D eigenvalue weighted by atomic mass is 32.2. The molecule has 1 atom stereocenters. The quantitative estimate of drug-likeness (QED) is 0.617. The van der Waals surface area contributed by atoms with E-state index in [0.29, 0.717) is 19.7 Å². The number of hydrogen-bond acceptors (Lipinski definition) is 6. The van der Waals surface area contributed by atoms with E-state index < -0.39 is 9.84 Å². The van der Waals surface area contributed by atoms with Gasteiger partial charge in [0.15, 0.2) is 0 Å². The number of rotatable bonds is 10. The maximum atomic E-state index is 12.8. The fourth-order valence-electron chi connectivity index (χ4n) is 3.10. The lowest BCUT2D eigenvalue weighted by molar-refractivity contribution is 0.180. The summed E-state index contributed by atoms with van der Waals surface area (Å²) in [6.07, 6.45) is 5.45. The summed E-state index contributed by atoms with van der Waals surface area (Å²) in [5.74, 6) is 0.481. The SMILES string of the molecule is COCCn1c(CN(C)[C@@H](C)c2ccccn2)cnc1S(=O)(=O)CC1CC1. The molecule has 0 bridgehead atoms. The number of imidazole rings is 1. The molecule has 0 aliphatic heterocycles. The summed E-state index contributed by atoms with van der Waals surface area (Å²) in [6.45, 7) is 3.57. The van der Waals surface area contributed by atoms with Gasteiger partial charge in [0.2, 0.25) is 15.0 Å². The minimum atomic E-state index is -3.38. The molecule has 8 heteroatoms. The Morgan fingerprint density at radius 3 is 2.74 bits per heavy atom. The third-order valence-corrected chi connectivity index (χ3v) is 6.83. The largest absolute Gasteiger partial charge is 0.383 e. The molecule has 1 aliphatic carbocycles. The molecule has 0 unspecified atom stereocenters. The first kappa shape index (κ1) is 20.0. The molecule has 1 fully saturated rings. The lowest BCUT2D eigenvalue weighted by Crippen LogP contribution is -2.25. The van der Waals surface area contributed by atoms with Gasteiger partial charge in [-0.3, -0.25) is 9.88 Å². The standard InChI is InChI=1S/C19H28N4O3S/c1-15(18-6-4-5-9-20-18)22(2)13-17-12-21-19(23(17)10-11-26-3)27(24,25)14-16-7-8-16/h4-6,9,12,15-16H,7-8,10-11,13-14H2,1-3H3/t15-/m0/s1. The normalized spacial score (nSPS) is 16.0. The summed E-state index contributed by atoms with van der Waals surface area (Å²) in [6, 6.07) is 5.96. The van der Waals surface area contributed by atoms with Gasteiger partial charge in [0.1, 0.15) is 0 Å². The van der Waals surface area contributed by atoms with E-state index in [0.717, 1.165) is 24.2 Å². The molecule has 3 rings (SSSR count). The van der Waals surface area contributed by atoms with Crippen molar-refractivity contribution in [3.63, 3.8) is 0 Å². The van der Waals surface area contributed by atoms with Crippen LogP contribution in [0.5, 0.6) is 0 Å². The Labute approximate surface area is 161 Å². The molecule has 0 spiro atoms. The average Bonchev–Trinajstić information content (AvgIpc) is 3.37. The van der Waals surface area contributed by atoms with Crippen molar-refractivity contribution < 1.29 is 13.2 Å². The van der Waals surface area contributed by atoms with Gasteiger partial charge in [0.25, 0.3) is 0 Å². The molecule has 2 aromatic heterocycles. The zero-order valence-corrected chi connectivity index (χ0v) is 17.0. The maximum Gasteiger partial charge on any atom is 0.227 e. The van der Waals surface area contributed by atoms with Gasteiger partial charge in [0.05, 0.1) is 29.9 Å². The molecule has 7 nitrogen and oxygen atoms in total. The van der Waals surface area contributed by atoms with Crippen molar-refractivity contribution in [2.75, 3.05) is 26.5 Å². The van der Waals surface area contributed by atoms with Gasteiger partial charge in [-0.1, -0.05) is 6.07 Å². The van der Waals surface area contributed by atoms with E-state index in [4.69, 9.17) is 4.74 Å². The Morgan fingerprint density at radius 1 is 1.33 bits per heavy atom. The lowest BCUT2D eigenvalue weighted by atomic mass is 10.2. The summed E-state index contributed by atoms with van der Waals surface area (Å²) in [4.78, 5) is 10.8. The monoisotopic (exact) mass is 392 g/mol. The topological polar surface area (TPSA) is 77.3 Å². The van der Waals surface area contributed by atoms with E-state index in [2.05, 4.69) is 21.8 Å². The highest BCUT2D eigenvalue weighted by Crippen LogP contribution is 2.32. The first-order valence-electron chi connectivity index (χ1n) is 9.29. The van der Waals surface area contributed by atoms with Crippen LogP contribution in [0.2, 0.25) is 0 Å². The number of aromatic nitrogens is 3. The average molecular weight is 393 g/mol. The molecule has 27 heavy (non-hydrogen) atoms. The number of pyridine rings is 1. The summed E-state index contributed by atoms with van der Waals surface area (Å²) in [5, 5.41) is 0.167. The molecule has 2 aromatic rings. The molecule has 0 saturated heterocycles. The van der Waals surface area contributed by atoms with Gasteiger partial charge in [-0.15, -0.1) is 0 Å². The van der Waals surface area contributed by atoms with Crippen molar-refractivity contribution in [3.05, 3.63) is 42.0 Å². The fraction of sp³-hybridized carbons (Fsp3) is 0.579. The van der Waals surface area contributed by atoms with E-state index in [1.165, 1.54) is 0 Å². The number of nitrogens with zero attached hydrogens (tertiary/aromatic N) is 4. The van der Waals surface area contributed by atoms with Gasteiger partial charge in [-0.05, 0) is 44.9 Å². The summed E-state index contributed by atoms with van der Waals surface area (Å²) in [7, 11) is 0.241. The molecule has 0 radical (unpaired) electrons. The van der Waals surface area contributed by atoms with E-state index in [9.17, 15) is 8.42 Å². The molecule has 1 saturated carbocycles. The summed E-state index contributed by atoms with van der Waals surface area (Å²) >= 11 is 0. The van der Waals surface area contributed by atoms with Crippen LogP contribution in [-0.4, -0.2) is 54.4 Å². The molecule has 2 heterocycles. The van der Waals surface area contributed by atoms with E-state index in [-0.39, 0.29) is 22.9 Å². The summed E-state index contributed by atoms with van der Waals surface area (Å²) < 4.78 is 32.5. The van der Waals surface area contributed by atoms with Gasteiger partial charge >= 0.3 is 0 Å². The minimum absolute atomic E-state index is 0.100. The molecular weight excluding hydrogens is 364 g/mol. The smallest absolute Gasteiger partial charge is 0.227 e. The van der Waals surface area contributed by atoms with Crippen LogP contribution in [-0.2, 0) is 27.7 Å². The first-order valence-corrected chi connectivity index (χ1v) is 10.9. The van der Waals surface area contributed by atoms with Crippen molar-refractivity contribution >= 4 is 9.84 Å². The van der Waals surface area contributed by atoms with Crippen LogP contribution in [0.3, 0.4) is 0 Å². The second-order valence-electron chi connectivity index (χ2n) is 7.25. The van der Waals surface area contributed by atoms with Gasteiger partial charge < -0.3 is 9.30 Å². The van der Waals surface area contributed by atoms with Gasteiger partial charge in [-0.2, -0.15) is 0 Å². The molecule has 148 valence electrons. The van der Waals surface area contributed by atoms with Crippen LogP contribution in [0.4, 0.5) is 0 Å². The van der Waals surface area contributed by atoms with Crippen LogP contribution in [0, 0.1) is 5.92 Å². The molecule has 0 aromatic carbocycles. The number of hydrogen-bond donors (Lipinski definition) is 0. The molecule has 1 aliphatic rings. The second kappa shape index (κ2) is 8.50. The molecule has 0 amide bonds. The zero-order valence-electron chi connectivity index (χ0n) is 16.2. The van der Waals surface area contributed by atoms with Crippen molar-refractivity contribution in [2.45, 2.75) is 44.1 Å². The predicted octanol–water partition coefficient (Wildman–Crippen LogP) is 2.30. The van der Waals surface area contributed by atoms with Gasteiger partial charge in [0, 0.05) is 32.4 Å². The third kappa shape index (κ3) is 4.94. The van der Waals surface area contributed by atoms with Crippen molar-refractivity contribution in [1.29, 1.82) is 0 Å². The van der Waals surface area contributed by atoms with Crippen LogP contribution >= 0.6 is 0 Å². The Bertz CT molecular complexity index is 847. The fourth-order valence-corrected chi connectivity index (χ4v) is 4.96. The zero-order chi connectivity index (χ0) is 19.4. The van der Waals surface area contributed by atoms with Crippen LogP contribution in [0.15, 0.2) is 35.7 Å². The highest BCUT2D eigenvalue weighted by Gasteiger charge is 2.32. The number of ether oxygens (including phenoxy) is 1. The van der Waals surface area contributed by atoms with E-state index >= 15 is 0 Å².